The Morgan fingerprint density at radius 2 is 1.09 bits per heavy atom. The molecule has 7 aromatic carbocycles. The summed E-state index contributed by atoms with van der Waals surface area (Å²) in [6.45, 7) is 4.43. The van der Waals surface area contributed by atoms with Crippen molar-refractivity contribution in [2.24, 2.45) is 4.99 Å². The monoisotopic (exact) mass is 680 g/mol. The number of hydrogen-bond acceptors (Lipinski definition) is 2. The Morgan fingerprint density at radius 3 is 1.81 bits per heavy atom. The molecule has 3 aromatic heterocycles. The van der Waals surface area contributed by atoms with Crippen molar-refractivity contribution in [3.63, 3.8) is 0 Å². The lowest BCUT2D eigenvalue weighted by Gasteiger charge is -2.21. The summed E-state index contributed by atoms with van der Waals surface area (Å²) < 4.78 is 4.85. The number of nitrogens with zero attached hydrogens (tertiary/aromatic N) is 4. The second-order valence-electron chi connectivity index (χ2n) is 13.8. The van der Waals surface area contributed by atoms with Crippen LogP contribution in [0.4, 0.5) is 5.69 Å². The van der Waals surface area contributed by atoms with Crippen LogP contribution in [-0.4, -0.2) is 19.8 Å². The normalized spacial score (nSPS) is 12.8. The quantitative estimate of drug-likeness (QED) is 0.101. The molecule has 0 bridgehead atoms. The molecule has 0 aliphatic rings. The zero-order chi connectivity index (χ0) is 35.5. The topological polar surface area (TPSA) is 34.6 Å². The third kappa shape index (κ3) is 4.91. The molecule has 4 nitrogen and oxygen atoms in total. The molecule has 3 heterocycles. The van der Waals surface area contributed by atoms with Gasteiger partial charge in [0.1, 0.15) is 11.7 Å². The van der Waals surface area contributed by atoms with Gasteiger partial charge >= 0.3 is 0 Å². The molecule has 0 spiro atoms. The maximum atomic E-state index is 5.62. The van der Waals surface area contributed by atoms with E-state index in [2.05, 4.69) is 199 Å². The standard InChI is InChI=1S/C49H36N4/c1-32-18-12-15-27-41(32)50-48(33(2)34-19-6-3-7-20-34)52-43-29-17-14-26-38(43)40-31-30-39-37-25-13-16-28-42(37)53-47(44(39)46(40)52)45(35-21-8-4-9-22-35)51-49(53)36-23-10-5-11-24-36/h3-31,33H,1-2H3. The van der Waals surface area contributed by atoms with Gasteiger partial charge in [-0.1, -0.05) is 165 Å². The third-order valence-electron chi connectivity index (χ3n) is 10.7. The third-order valence-corrected chi connectivity index (χ3v) is 10.7. The van der Waals surface area contributed by atoms with Crippen LogP contribution < -0.4 is 0 Å². The molecule has 4 heteroatoms. The van der Waals surface area contributed by atoms with E-state index in [1.54, 1.807) is 0 Å². The fraction of sp³-hybridized carbons (Fsp3) is 0.0612. The molecule has 1 atom stereocenters. The first kappa shape index (κ1) is 31.0. The highest BCUT2D eigenvalue weighted by Crippen LogP contribution is 2.44. The summed E-state index contributed by atoms with van der Waals surface area (Å²) >= 11 is 0. The highest BCUT2D eigenvalue weighted by molar-refractivity contribution is 6.30. The molecule has 53 heavy (non-hydrogen) atoms. The summed E-state index contributed by atoms with van der Waals surface area (Å²) in [5.41, 5.74) is 10.9. The number of aliphatic imine (C=N–C) groups is 1. The smallest absolute Gasteiger partial charge is 0.145 e. The first-order chi connectivity index (χ1) is 26.2. The number of benzene rings is 7. The number of fused-ring (bicyclic) bond motifs is 10. The molecule has 10 rings (SSSR count). The van der Waals surface area contributed by atoms with Crippen LogP contribution in [0.5, 0.6) is 0 Å². The Hall–Kier alpha value is -6.78. The van der Waals surface area contributed by atoms with Gasteiger partial charge in [0.25, 0.3) is 0 Å². The number of hydrogen-bond donors (Lipinski definition) is 0. The molecule has 1 unspecified atom stereocenters. The van der Waals surface area contributed by atoms with Gasteiger partial charge in [-0.2, -0.15) is 0 Å². The van der Waals surface area contributed by atoms with Crippen LogP contribution in [0.15, 0.2) is 181 Å². The van der Waals surface area contributed by atoms with Gasteiger partial charge in [0, 0.05) is 38.6 Å². The molecule has 252 valence electrons. The van der Waals surface area contributed by atoms with Crippen molar-refractivity contribution in [2.75, 3.05) is 0 Å². The zero-order valence-corrected chi connectivity index (χ0v) is 29.6. The SMILES string of the molecule is Cc1ccccc1N=C(C(C)c1ccccc1)n1c2ccccc2c2ccc3c4ccccc4n4c(-c5ccccc5)nc(-c5ccccc5)c4c3c21. The van der Waals surface area contributed by atoms with Gasteiger partial charge < -0.3 is 0 Å². The second kappa shape index (κ2) is 12.5. The first-order valence-corrected chi connectivity index (χ1v) is 18.3. The predicted octanol–water partition coefficient (Wildman–Crippen LogP) is 12.8. The highest BCUT2D eigenvalue weighted by atomic mass is 15.1. The van der Waals surface area contributed by atoms with Crippen LogP contribution in [-0.2, 0) is 0 Å². The van der Waals surface area contributed by atoms with Gasteiger partial charge in [0.2, 0.25) is 0 Å². The molecule has 0 saturated carbocycles. The van der Waals surface area contributed by atoms with E-state index in [-0.39, 0.29) is 5.92 Å². The maximum Gasteiger partial charge on any atom is 0.145 e. The molecular formula is C49H36N4. The minimum atomic E-state index is -0.0278. The van der Waals surface area contributed by atoms with Crippen molar-refractivity contribution in [1.29, 1.82) is 0 Å². The number of pyridine rings is 1. The zero-order valence-electron chi connectivity index (χ0n) is 29.6. The van der Waals surface area contributed by atoms with Gasteiger partial charge in [-0.05, 0) is 41.6 Å². The molecular weight excluding hydrogens is 645 g/mol. The van der Waals surface area contributed by atoms with Crippen molar-refractivity contribution >= 4 is 60.5 Å². The molecule has 0 radical (unpaired) electrons. The van der Waals surface area contributed by atoms with Crippen LogP contribution in [0.2, 0.25) is 0 Å². The molecule has 0 aliphatic heterocycles. The molecule has 10 aromatic rings. The number of imidazole rings is 1. The number of aryl methyl sites for hydroxylation is 1. The van der Waals surface area contributed by atoms with E-state index in [0.717, 1.165) is 67.2 Å². The fourth-order valence-corrected chi connectivity index (χ4v) is 8.16. The van der Waals surface area contributed by atoms with Gasteiger partial charge in [-0.3, -0.25) is 8.97 Å². The summed E-state index contributed by atoms with van der Waals surface area (Å²) in [6.07, 6.45) is 0. The van der Waals surface area contributed by atoms with Crippen molar-refractivity contribution in [2.45, 2.75) is 19.8 Å². The van der Waals surface area contributed by atoms with Crippen LogP contribution >= 0.6 is 0 Å². The predicted molar refractivity (Wildman–Crippen MR) is 223 cm³/mol. The lowest BCUT2D eigenvalue weighted by atomic mass is 9.98. The van der Waals surface area contributed by atoms with Gasteiger partial charge in [0.15, 0.2) is 0 Å². The Kier molecular flexibility index (Phi) is 7.29. The Balaban J connectivity index is 1.47. The van der Waals surface area contributed by atoms with E-state index < -0.39 is 0 Å². The maximum absolute atomic E-state index is 5.62. The summed E-state index contributed by atoms with van der Waals surface area (Å²) in [5.74, 6) is 1.86. The van der Waals surface area contributed by atoms with Crippen molar-refractivity contribution in [1.82, 2.24) is 14.0 Å². The van der Waals surface area contributed by atoms with Crippen molar-refractivity contribution < 1.29 is 0 Å². The number of rotatable bonds is 5. The molecule has 0 fully saturated rings. The van der Waals surface area contributed by atoms with Crippen molar-refractivity contribution in [3.05, 3.63) is 187 Å². The van der Waals surface area contributed by atoms with Crippen LogP contribution in [0.3, 0.4) is 0 Å². The number of para-hydroxylation sites is 3. The molecule has 0 amide bonds. The van der Waals surface area contributed by atoms with E-state index in [1.807, 2.05) is 0 Å². The molecule has 0 saturated heterocycles. The Bertz CT molecular complexity index is 3010. The van der Waals surface area contributed by atoms with Gasteiger partial charge in [-0.15, -0.1) is 0 Å². The minimum Gasteiger partial charge on any atom is -0.296 e. The molecule has 0 N–H and O–H groups in total. The molecule has 0 aliphatic carbocycles. The van der Waals surface area contributed by atoms with Gasteiger partial charge in [-0.25, -0.2) is 9.98 Å². The summed E-state index contributed by atoms with van der Waals surface area (Å²) in [7, 11) is 0. The van der Waals surface area contributed by atoms with Crippen LogP contribution in [0.25, 0.3) is 71.6 Å². The number of aromatic nitrogens is 3. The fourth-order valence-electron chi connectivity index (χ4n) is 8.16. The van der Waals surface area contributed by atoms with E-state index in [1.165, 1.54) is 27.1 Å². The van der Waals surface area contributed by atoms with E-state index in [0.29, 0.717) is 0 Å². The largest absolute Gasteiger partial charge is 0.296 e. The van der Waals surface area contributed by atoms with E-state index in [4.69, 9.17) is 9.98 Å². The van der Waals surface area contributed by atoms with Crippen LogP contribution in [0.1, 0.15) is 24.0 Å². The first-order valence-electron chi connectivity index (χ1n) is 18.3. The van der Waals surface area contributed by atoms with Crippen molar-refractivity contribution in [3.8, 4) is 22.6 Å². The Labute approximate surface area is 307 Å². The Morgan fingerprint density at radius 1 is 0.528 bits per heavy atom. The average Bonchev–Trinajstić information content (AvgIpc) is 3.79. The van der Waals surface area contributed by atoms with Crippen LogP contribution in [0, 0.1) is 6.92 Å². The summed E-state index contributed by atoms with van der Waals surface area (Å²) in [4.78, 5) is 11.2. The average molecular weight is 681 g/mol. The van der Waals surface area contributed by atoms with E-state index >= 15 is 0 Å². The minimum absolute atomic E-state index is 0.0278. The summed E-state index contributed by atoms with van der Waals surface area (Å²) in [6, 6.07) is 62.6. The van der Waals surface area contributed by atoms with Gasteiger partial charge in [0.05, 0.1) is 33.4 Å². The lowest BCUT2D eigenvalue weighted by Crippen LogP contribution is -2.19. The van der Waals surface area contributed by atoms with E-state index in [9.17, 15) is 0 Å². The highest BCUT2D eigenvalue weighted by Gasteiger charge is 2.27. The second-order valence-corrected chi connectivity index (χ2v) is 13.8. The summed E-state index contributed by atoms with van der Waals surface area (Å²) in [5, 5.41) is 5.89. The lowest BCUT2D eigenvalue weighted by molar-refractivity contribution is 0.965.